The maximum absolute atomic E-state index is 12.7. The lowest BCUT2D eigenvalue weighted by Crippen LogP contribution is -2.19. The predicted octanol–water partition coefficient (Wildman–Crippen LogP) is 4.03. The van der Waals surface area contributed by atoms with Gasteiger partial charge in [0.15, 0.2) is 10.2 Å². The number of amides is 1. The second-order valence-corrected chi connectivity index (χ2v) is 7.65. The summed E-state index contributed by atoms with van der Waals surface area (Å²) in [5.74, 6) is 0.865. The number of hydrogen-bond acceptors (Lipinski definition) is 8. The fourth-order valence-corrected chi connectivity index (χ4v) is 4.35. The second-order valence-electron chi connectivity index (χ2n) is 4.77. The average molecular weight is 379 g/mol. The number of aryl methyl sites for hydroxylation is 1. The molecule has 2 heterocycles. The lowest BCUT2D eigenvalue weighted by molar-refractivity contribution is -0.115. The summed E-state index contributed by atoms with van der Waals surface area (Å²) in [7, 11) is 0. The van der Waals surface area contributed by atoms with E-state index in [2.05, 4.69) is 19.8 Å². The van der Waals surface area contributed by atoms with Crippen molar-refractivity contribution in [1.29, 1.82) is 0 Å². The van der Waals surface area contributed by atoms with Gasteiger partial charge in [-0.15, -0.1) is 0 Å². The molecule has 0 saturated carbocycles. The zero-order valence-corrected chi connectivity index (χ0v) is 15.4. The molecular weight excluding hydrogens is 364 g/mol. The summed E-state index contributed by atoms with van der Waals surface area (Å²) >= 11 is 4.14. The van der Waals surface area contributed by atoms with Gasteiger partial charge in [-0.2, -0.15) is 4.37 Å². The van der Waals surface area contributed by atoms with Gasteiger partial charge < -0.3 is 9.84 Å². The van der Waals surface area contributed by atoms with Crippen molar-refractivity contribution >= 4 is 46.8 Å². The summed E-state index contributed by atoms with van der Waals surface area (Å²) in [6, 6.07) is 11.2. The Kier molecular flexibility index (Phi) is 5.54. The van der Waals surface area contributed by atoms with Crippen LogP contribution in [0.25, 0.3) is 0 Å². The monoisotopic (exact) mass is 378 g/mol. The summed E-state index contributed by atoms with van der Waals surface area (Å²) in [6.07, 6.45) is 1.92. The maximum Gasteiger partial charge on any atom is 0.243 e. The first-order valence-corrected chi connectivity index (χ1v) is 9.87. The second kappa shape index (κ2) is 7.82. The third-order valence-electron chi connectivity index (χ3n) is 3.01. The van der Waals surface area contributed by atoms with Gasteiger partial charge in [0.1, 0.15) is 11.0 Å². The van der Waals surface area contributed by atoms with Crippen molar-refractivity contribution in [3.8, 4) is 0 Å². The molecule has 1 atom stereocenters. The summed E-state index contributed by atoms with van der Waals surface area (Å²) in [6.45, 7) is 1.78. The first kappa shape index (κ1) is 17.0. The van der Waals surface area contributed by atoms with E-state index in [1.165, 1.54) is 35.1 Å². The van der Waals surface area contributed by atoms with Crippen LogP contribution in [0.15, 0.2) is 50.4 Å². The van der Waals surface area contributed by atoms with Gasteiger partial charge in [0, 0.05) is 6.07 Å². The lowest BCUT2D eigenvalue weighted by atomic mass is 10.1. The van der Waals surface area contributed by atoms with Crippen LogP contribution in [0.5, 0.6) is 0 Å². The van der Waals surface area contributed by atoms with E-state index >= 15 is 0 Å². The SMILES string of the molecule is CSc1nsc(SC(C(=O)Nc2cc(C)on2)c2ccccc2)n1. The smallest absolute Gasteiger partial charge is 0.243 e. The van der Waals surface area contributed by atoms with Gasteiger partial charge in [0.25, 0.3) is 0 Å². The van der Waals surface area contributed by atoms with E-state index in [-0.39, 0.29) is 5.91 Å². The van der Waals surface area contributed by atoms with E-state index in [1.54, 1.807) is 13.0 Å². The van der Waals surface area contributed by atoms with Gasteiger partial charge in [-0.3, -0.25) is 4.79 Å². The number of hydrogen-bond donors (Lipinski definition) is 1. The molecule has 0 saturated heterocycles. The molecule has 6 nitrogen and oxygen atoms in total. The first-order chi connectivity index (χ1) is 11.7. The lowest BCUT2D eigenvalue weighted by Gasteiger charge is -2.14. The molecule has 0 bridgehead atoms. The van der Waals surface area contributed by atoms with Crippen molar-refractivity contribution in [2.45, 2.75) is 21.7 Å². The Morgan fingerprint density at radius 1 is 1.33 bits per heavy atom. The number of carbonyl (C=O) groups is 1. The number of anilines is 1. The van der Waals surface area contributed by atoms with Crippen molar-refractivity contribution in [1.82, 2.24) is 14.5 Å². The van der Waals surface area contributed by atoms with E-state index in [1.807, 2.05) is 36.6 Å². The zero-order valence-electron chi connectivity index (χ0n) is 12.9. The number of nitrogens with one attached hydrogen (secondary N) is 1. The molecule has 1 N–H and O–H groups in total. The summed E-state index contributed by atoms with van der Waals surface area (Å²) in [5.41, 5.74) is 0.890. The van der Waals surface area contributed by atoms with Crippen molar-refractivity contribution < 1.29 is 9.32 Å². The van der Waals surface area contributed by atoms with Crippen LogP contribution in [0.1, 0.15) is 16.6 Å². The highest BCUT2D eigenvalue weighted by molar-refractivity contribution is 8.02. The highest BCUT2D eigenvalue weighted by atomic mass is 32.2. The number of rotatable bonds is 6. The molecule has 0 aliphatic heterocycles. The molecule has 124 valence electrons. The molecule has 0 aliphatic rings. The Labute approximate surface area is 151 Å². The molecule has 0 aliphatic carbocycles. The molecular formula is C15H14N4O2S3. The van der Waals surface area contributed by atoms with E-state index in [9.17, 15) is 4.79 Å². The van der Waals surface area contributed by atoms with Crippen LogP contribution < -0.4 is 5.32 Å². The minimum Gasteiger partial charge on any atom is -0.360 e. The zero-order chi connectivity index (χ0) is 16.9. The number of carbonyl (C=O) groups excluding carboxylic acids is 1. The standard InChI is InChI=1S/C15H14N4O2S3/c1-9-8-11(18-21-9)16-13(20)12(10-6-4-3-5-7-10)23-15-17-14(22-2)19-24-15/h3-8,12H,1-2H3,(H,16,18,20). The van der Waals surface area contributed by atoms with E-state index in [0.29, 0.717) is 16.7 Å². The van der Waals surface area contributed by atoms with E-state index in [4.69, 9.17) is 4.52 Å². The summed E-state index contributed by atoms with van der Waals surface area (Å²) in [5, 5.41) is 6.86. The fourth-order valence-electron chi connectivity index (χ4n) is 1.95. The van der Waals surface area contributed by atoms with Crippen LogP contribution in [0.4, 0.5) is 5.82 Å². The number of aromatic nitrogens is 3. The minimum absolute atomic E-state index is 0.180. The minimum atomic E-state index is -0.453. The number of nitrogens with zero attached hydrogens (tertiary/aromatic N) is 3. The maximum atomic E-state index is 12.7. The Hall–Kier alpha value is -1.84. The van der Waals surface area contributed by atoms with Gasteiger partial charge >= 0.3 is 0 Å². The largest absolute Gasteiger partial charge is 0.360 e. The highest BCUT2D eigenvalue weighted by Crippen LogP contribution is 2.37. The van der Waals surface area contributed by atoms with Crippen molar-refractivity contribution in [3.05, 3.63) is 47.7 Å². The molecule has 2 aromatic heterocycles. The highest BCUT2D eigenvalue weighted by Gasteiger charge is 2.24. The Balaban J connectivity index is 1.82. The molecule has 3 rings (SSSR count). The van der Waals surface area contributed by atoms with E-state index < -0.39 is 5.25 Å². The summed E-state index contributed by atoms with van der Waals surface area (Å²) in [4.78, 5) is 17.1. The van der Waals surface area contributed by atoms with Crippen molar-refractivity contribution in [3.63, 3.8) is 0 Å². The Morgan fingerprint density at radius 2 is 2.12 bits per heavy atom. The van der Waals surface area contributed by atoms with Crippen molar-refractivity contribution in [2.24, 2.45) is 0 Å². The third-order valence-corrected chi connectivity index (χ3v) is 5.71. The molecule has 9 heteroatoms. The van der Waals surface area contributed by atoms with Crippen LogP contribution in [0.2, 0.25) is 0 Å². The van der Waals surface area contributed by atoms with Crippen LogP contribution >= 0.6 is 35.1 Å². The molecule has 1 aromatic carbocycles. The van der Waals surface area contributed by atoms with Gasteiger partial charge in [0.2, 0.25) is 11.1 Å². The molecule has 3 aromatic rings. The Bertz CT molecular complexity index is 819. The van der Waals surface area contributed by atoms with Gasteiger partial charge in [-0.1, -0.05) is 59.0 Å². The summed E-state index contributed by atoms with van der Waals surface area (Å²) < 4.78 is 9.98. The van der Waals surface area contributed by atoms with Crippen LogP contribution in [0, 0.1) is 6.92 Å². The van der Waals surface area contributed by atoms with E-state index in [0.717, 1.165) is 9.90 Å². The van der Waals surface area contributed by atoms with Crippen LogP contribution in [-0.4, -0.2) is 26.7 Å². The third kappa shape index (κ3) is 4.16. The molecule has 24 heavy (non-hydrogen) atoms. The topological polar surface area (TPSA) is 80.9 Å². The van der Waals surface area contributed by atoms with Crippen LogP contribution in [-0.2, 0) is 4.79 Å². The molecule has 0 spiro atoms. The number of thioether (sulfide) groups is 2. The number of benzene rings is 1. The normalized spacial score (nSPS) is 12.1. The molecule has 0 fully saturated rings. The molecule has 1 amide bonds. The van der Waals surface area contributed by atoms with Crippen LogP contribution in [0.3, 0.4) is 0 Å². The predicted molar refractivity (Wildman–Crippen MR) is 96.6 cm³/mol. The first-order valence-electron chi connectivity index (χ1n) is 6.99. The van der Waals surface area contributed by atoms with Gasteiger partial charge in [-0.25, -0.2) is 4.98 Å². The Morgan fingerprint density at radius 3 is 2.75 bits per heavy atom. The molecule has 1 unspecified atom stereocenters. The quantitative estimate of drug-likeness (QED) is 0.649. The van der Waals surface area contributed by atoms with Gasteiger partial charge in [-0.05, 0) is 30.3 Å². The van der Waals surface area contributed by atoms with Crippen molar-refractivity contribution in [2.75, 3.05) is 11.6 Å². The average Bonchev–Trinajstić information content (AvgIpc) is 3.22. The fraction of sp³-hybridized carbons (Fsp3) is 0.200. The molecule has 0 radical (unpaired) electrons. The van der Waals surface area contributed by atoms with Gasteiger partial charge in [0.05, 0.1) is 0 Å².